The Bertz CT molecular complexity index is 612. The molecule has 0 saturated carbocycles. The van der Waals surface area contributed by atoms with Crippen molar-refractivity contribution in [1.29, 1.82) is 0 Å². The van der Waals surface area contributed by atoms with Crippen LogP contribution in [0.2, 0.25) is 0 Å². The molecule has 0 radical (unpaired) electrons. The largest absolute Gasteiger partial charge is 0.260 e. The van der Waals surface area contributed by atoms with Gasteiger partial charge in [0.15, 0.2) is 0 Å². The van der Waals surface area contributed by atoms with Crippen molar-refractivity contribution in [3.63, 3.8) is 0 Å². The fraction of sp³-hybridized carbons (Fsp3) is 0.706. The van der Waals surface area contributed by atoms with Crippen molar-refractivity contribution >= 4 is 10.0 Å². The molecule has 0 spiro atoms. The third-order valence-corrected chi connectivity index (χ3v) is 7.15. The van der Waals surface area contributed by atoms with Gasteiger partial charge in [-0.15, -0.1) is 0 Å². The van der Waals surface area contributed by atoms with Crippen LogP contribution in [0.15, 0.2) is 24.4 Å². The molecule has 1 saturated heterocycles. The molecule has 2 atom stereocenters. The molecule has 0 aliphatic carbocycles. The predicted octanol–water partition coefficient (Wildman–Crippen LogP) is 3.30. The maximum atomic E-state index is 13.1. The summed E-state index contributed by atoms with van der Waals surface area (Å²) in [6.45, 7) is 13.4. The van der Waals surface area contributed by atoms with E-state index >= 15 is 0 Å². The Morgan fingerprint density at radius 3 is 2.18 bits per heavy atom. The van der Waals surface area contributed by atoms with E-state index in [9.17, 15) is 8.42 Å². The zero-order valence-electron chi connectivity index (χ0n) is 14.5. The van der Waals surface area contributed by atoms with Gasteiger partial charge in [0.25, 0.3) is 0 Å². The topological polar surface area (TPSA) is 50.3 Å². The average Bonchev–Trinajstić information content (AvgIpc) is 2.62. The molecule has 1 aliphatic heterocycles. The number of rotatable bonds is 2. The van der Waals surface area contributed by atoms with Crippen molar-refractivity contribution in [2.75, 3.05) is 6.54 Å². The Morgan fingerprint density at radius 2 is 1.77 bits per heavy atom. The van der Waals surface area contributed by atoms with Crippen LogP contribution in [0.3, 0.4) is 0 Å². The van der Waals surface area contributed by atoms with Crippen molar-refractivity contribution < 1.29 is 8.42 Å². The summed E-state index contributed by atoms with van der Waals surface area (Å²) in [5.74, 6) is 0.112. The van der Waals surface area contributed by atoms with Gasteiger partial charge in [-0.1, -0.05) is 47.6 Å². The van der Waals surface area contributed by atoms with Gasteiger partial charge < -0.3 is 0 Å². The zero-order valence-corrected chi connectivity index (χ0v) is 15.3. The van der Waals surface area contributed by atoms with E-state index in [0.717, 1.165) is 5.69 Å². The monoisotopic (exact) mass is 324 g/mol. The van der Waals surface area contributed by atoms with E-state index in [-0.39, 0.29) is 22.0 Å². The maximum Gasteiger partial charge on any atom is 0.218 e. The normalized spacial score (nSPS) is 26.3. The molecule has 0 bridgehead atoms. The van der Waals surface area contributed by atoms with Gasteiger partial charge in [0, 0.05) is 12.7 Å². The van der Waals surface area contributed by atoms with Crippen molar-refractivity contribution in [2.24, 2.45) is 16.7 Å². The minimum Gasteiger partial charge on any atom is -0.260 e. The van der Waals surface area contributed by atoms with Gasteiger partial charge in [0.05, 0.1) is 17.5 Å². The SMILES string of the molecule is CC(C)(C)C1CN(Cc2ccccn2)S(=O)(=O)C1C(C)(C)C. The van der Waals surface area contributed by atoms with E-state index in [0.29, 0.717) is 13.1 Å². The van der Waals surface area contributed by atoms with Gasteiger partial charge in [0.2, 0.25) is 10.0 Å². The van der Waals surface area contributed by atoms with Crippen LogP contribution in [-0.4, -0.2) is 29.5 Å². The summed E-state index contributed by atoms with van der Waals surface area (Å²) in [5.41, 5.74) is 0.466. The summed E-state index contributed by atoms with van der Waals surface area (Å²) in [6.07, 6.45) is 1.71. The molecule has 124 valence electrons. The molecule has 2 heterocycles. The molecule has 0 N–H and O–H groups in total. The molecule has 0 aromatic carbocycles. The summed E-state index contributed by atoms with van der Waals surface area (Å²) in [7, 11) is -3.32. The summed E-state index contributed by atoms with van der Waals surface area (Å²) < 4.78 is 27.8. The molecule has 0 amide bonds. The minimum absolute atomic E-state index is 0.0517. The van der Waals surface area contributed by atoms with Crippen LogP contribution in [0.4, 0.5) is 0 Å². The first-order valence-corrected chi connectivity index (χ1v) is 9.33. The van der Waals surface area contributed by atoms with Crippen LogP contribution in [-0.2, 0) is 16.6 Å². The molecule has 5 heteroatoms. The minimum atomic E-state index is -3.32. The Morgan fingerprint density at radius 1 is 1.14 bits per heavy atom. The summed E-state index contributed by atoms with van der Waals surface area (Å²) in [6, 6.07) is 5.62. The number of sulfonamides is 1. The Labute approximate surface area is 135 Å². The van der Waals surface area contributed by atoms with Crippen LogP contribution in [0.1, 0.15) is 47.2 Å². The van der Waals surface area contributed by atoms with E-state index in [1.165, 1.54) is 0 Å². The lowest BCUT2D eigenvalue weighted by molar-refractivity contribution is 0.172. The standard InChI is InChI=1S/C17H28N2O2S/c1-16(2,3)14-12-19(11-13-9-7-8-10-18-13)22(20,21)15(14)17(4,5)6/h7-10,14-15H,11-12H2,1-6H3. The fourth-order valence-electron chi connectivity index (χ4n) is 3.39. The van der Waals surface area contributed by atoms with Gasteiger partial charge >= 0.3 is 0 Å². The van der Waals surface area contributed by atoms with Crippen molar-refractivity contribution in [3.8, 4) is 0 Å². The third kappa shape index (κ3) is 3.35. The molecule has 1 fully saturated rings. The molecule has 2 unspecified atom stereocenters. The van der Waals surface area contributed by atoms with Crippen LogP contribution >= 0.6 is 0 Å². The molecular formula is C17H28N2O2S. The van der Waals surface area contributed by atoms with E-state index in [1.54, 1.807) is 10.5 Å². The third-order valence-electron chi connectivity index (χ3n) is 4.48. The molecule has 1 aromatic heterocycles. The average molecular weight is 324 g/mol. The number of pyridine rings is 1. The van der Waals surface area contributed by atoms with E-state index in [1.807, 2.05) is 39.0 Å². The quantitative estimate of drug-likeness (QED) is 0.838. The van der Waals surface area contributed by atoms with Gasteiger partial charge in [0.1, 0.15) is 0 Å². The Hall–Kier alpha value is -0.940. The van der Waals surface area contributed by atoms with Crippen LogP contribution in [0.25, 0.3) is 0 Å². The number of hydrogen-bond acceptors (Lipinski definition) is 3. The van der Waals surface area contributed by atoms with Crippen molar-refractivity contribution in [1.82, 2.24) is 9.29 Å². The zero-order chi connectivity index (χ0) is 16.8. The second-order valence-electron chi connectivity index (χ2n) is 8.42. The maximum absolute atomic E-state index is 13.1. The van der Waals surface area contributed by atoms with Crippen LogP contribution in [0.5, 0.6) is 0 Å². The van der Waals surface area contributed by atoms with Crippen LogP contribution < -0.4 is 0 Å². The van der Waals surface area contributed by atoms with Crippen molar-refractivity contribution in [3.05, 3.63) is 30.1 Å². The molecular weight excluding hydrogens is 296 g/mol. The number of hydrogen-bond donors (Lipinski definition) is 0. The molecule has 1 aliphatic rings. The Kier molecular flexibility index (Phi) is 4.44. The molecule has 22 heavy (non-hydrogen) atoms. The first-order valence-electron chi connectivity index (χ1n) is 7.83. The predicted molar refractivity (Wildman–Crippen MR) is 89.8 cm³/mol. The van der Waals surface area contributed by atoms with Gasteiger partial charge in [-0.3, -0.25) is 4.98 Å². The highest BCUT2D eigenvalue weighted by molar-refractivity contribution is 7.90. The highest BCUT2D eigenvalue weighted by atomic mass is 32.2. The van der Waals surface area contributed by atoms with Gasteiger partial charge in [-0.2, -0.15) is 4.31 Å². The summed E-state index contributed by atoms with van der Waals surface area (Å²) >= 11 is 0. The van der Waals surface area contributed by atoms with E-state index in [4.69, 9.17) is 0 Å². The lowest BCUT2D eigenvalue weighted by Gasteiger charge is -2.37. The highest BCUT2D eigenvalue weighted by Crippen LogP contribution is 2.46. The van der Waals surface area contributed by atoms with E-state index < -0.39 is 10.0 Å². The second kappa shape index (κ2) is 5.60. The highest BCUT2D eigenvalue weighted by Gasteiger charge is 2.54. The molecule has 2 rings (SSSR count). The van der Waals surface area contributed by atoms with Crippen molar-refractivity contribution in [2.45, 2.75) is 53.3 Å². The summed E-state index contributed by atoms with van der Waals surface area (Å²) in [4.78, 5) is 4.28. The molecule has 1 aromatic rings. The molecule has 4 nitrogen and oxygen atoms in total. The second-order valence-corrected chi connectivity index (χ2v) is 10.5. The summed E-state index contributed by atoms with van der Waals surface area (Å²) in [5, 5.41) is -0.358. The lowest BCUT2D eigenvalue weighted by Crippen LogP contribution is -2.42. The van der Waals surface area contributed by atoms with E-state index in [2.05, 4.69) is 25.8 Å². The smallest absolute Gasteiger partial charge is 0.218 e. The van der Waals surface area contributed by atoms with Gasteiger partial charge in [-0.25, -0.2) is 8.42 Å². The number of aromatic nitrogens is 1. The van der Waals surface area contributed by atoms with Gasteiger partial charge in [-0.05, 0) is 28.9 Å². The van der Waals surface area contributed by atoms with Crippen LogP contribution in [0, 0.1) is 16.7 Å². The Balaban J connectivity index is 2.38. The lowest BCUT2D eigenvalue weighted by atomic mass is 9.72. The first kappa shape index (κ1) is 17.4. The number of nitrogens with zero attached hydrogens (tertiary/aromatic N) is 2. The first-order chi connectivity index (χ1) is 9.94. The fourth-order valence-corrected chi connectivity index (χ4v) is 6.20.